The number of rotatable bonds is 7. The van der Waals surface area contributed by atoms with Gasteiger partial charge in [0.1, 0.15) is 19.0 Å². The van der Waals surface area contributed by atoms with Crippen molar-refractivity contribution >= 4 is 47.7 Å². The van der Waals surface area contributed by atoms with Crippen molar-refractivity contribution < 1.29 is 31.1 Å². The molecule has 1 heterocycles. The van der Waals surface area contributed by atoms with Crippen LogP contribution in [0.4, 0.5) is 4.79 Å². The molecule has 3 rings (SSSR count). The minimum Gasteiger partial charge on any atom is -0.490 e. The minimum absolute atomic E-state index is 0.0512. The zero-order valence-electron chi connectivity index (χ0n) is 15.6. The Balaban J connectivity index is 1.52. The Bertz CT molecular complexity index is 1280. The van der Waals surface area contributed by atoms with Crippen molar-refractivity contribution in [2.75, 3.05) is 13.2 Å². The number of nitrogens with one attached hydrogen (secondary N) is 1. The molecule has 2 aromatic carbocycles. The lowest BCUT2D eigenvalue weighted by atomic mass is 10.2. The van der Waals surface area contributed by atoms with Gasteiger partial charge >= 0.3 is 6.09 Å². The van der Waals surface area contributed by atoms with E-state index in [0.717, 1.165) is 16.9 Å². The molecule has 0 aliphatic rings. The largest absolute Gasteiger partial charge is 0.490 e. The van der Waals surface area contributed by atoms with Crippen LogP contribution in [0.2, 0.25) is 0 Å². The number of nitrogens with zero attached hydrogens (tertiary/aromatic N) is 1. The molecule has 1 amide bonds. The average molecular weight is 472 g/mol. The maximum atomic E-state index is 12.1. The predicted octanol–water partition coefficient (Wildman–Crippen LogP) is 1.75. The fourth-order valence-corrected chi connectivity index (χ4v) is 4.88. The van der Waals surface area contributed by atoms with E-state index >= 15 is 0 Å². The number of amides is 1. The van der Waals surface area contributed by atoms with Gasteiger partial charge < -0.3 is 9.47 Å². The van der Waals surface area contributed by atoms with Crippen molar-refractivity contribution in [3.8, 4) is 5.75 Å². The number of primary sulfonamides is 1. The number of benzene rings is 2. The third-order valence-electron chi connectivity index (χ3n) is 3.72. The number of fused-ring (bicyclic) bond motifs is 1. The van der Waals surface area contributed by atoms with E-state index in [0.29, 0.717) is 16.0 Å². The zero-order valence-corrected chi connectivity index (χ0v) is 18.0. The number of thiazole rings is 1. The first-order chi connectivity index (χ1) is 14.0. The molecule has 0 aliphatic carbocycles. The summed E-state index contributed by atoms with van der Waals surface area (Å²) in [4.78, 5) is 15.6. The highest BCUT2D eigenvalue weighted by Crippen LogP contribution is 2.28. The predicted molar refractivity (Wildman–Crippen MR) is 109 cm³/mol. The van der Waals surface area contributed by atoms with E-state index < -0.39 is 26.1 Å². The summed E-state index contributed by atoms with van der Waals surface area (Å²) in [7, 11) is -7.92. The summed E-state index contributed by atoms with van der Waals surface area (Å²) in [5.74, 6) is 0.392. The highest BCUT2D eigenvalue weighted by molar-refractivity contribution is 7.91. The summed E-state index contributed by atoms with van der Waals surface area (Å²) in [6.45, 7) is 1.55. The van der Waals surface area contributed by atoms with Gasteiger partial charge in [0.25, 0.3) is 20.0 Å². The number of nitrogens with two attached hydrogens (primary N) is 1. The number of hydrogen-bond donors (Lipinski definition) is 2. The monoisotopic (exact) mass is 471 g/mol. The Morgan fingerprint density at radius 3 is 2.47 bits per heavy atom. The second-order valence-corrected chi connectivity index (χ2v) is 10.5. The highest BCUT2D eigenvalue weighted by atomic mass is 32.2. The Morgan fingerprint density at radius 1 is 1.10 bits per heavy atom. The minimum atomic E-state index is -4.03. The van der Waals surface area contributed by atoms with E-state index in [4.69, 9.17) is 14.6 Å². The van der Waals surface area contributed by atoms with E-state index in [9.17, 15) is 21.6 Å². The standard InChI is InChI=1S/C17H17N3O7S3/c1-11-2-5-13(6-3-11)30(24,25)20-16(21)27-9-8-26-12-4-7-14-15(10-12)28-17(19-14)29(18,22)23/h2-7,10H,8-9H2,1H3,(H,20,21)(H2,18,22,23). The fourth-order valence-electron chi connectivity index (χ4n) is 2.30. The van der Waals surface area contributed by atoms with Crippen molar-refractivity contribution in [1.82, 2.24) is 9.71 Å². The Labute approximate surface area is 176 Å². The smallest absolute Gasteiger partial charge is 0.421 e. The average Bonchev–Trinajstić information content (AvgIpc) is 3.09. The maximum Gasteiger partial charge on any atom is 0.421 e. The molecule has 0 fully saturated rings. The van der Waals surface area contributed by atoms with Gasteiger partial charge in [-0.25, -0.2) is 36.5 Å². The Morgan fingerprint density at radius 2 is 1.80 bits per heavy atom. The molecule has 30 heavy (non-hydrogen) atoms. The van der Waals surface area contributed by atoms with Crippen molar-refractivity contribution in [3.63, 3.8) is 0 Å². The van der Waals surface area contributed by atoms with Gasteiger partial charge in [-0.05, 0) is 37.3 Å². The quantitative estimate of drug-likeness (QED) is 0.494. The van der Waals surface area contributed by atoms with E-state index in [1.54, 1.807) is 30.3 Å². The van der Waals surface area contributed by atoms with Crippen LogP contribution in [-0.4, -0.2) is 41.1 Å². The third-order valence-corrected chi connectivity index (χ3v) is 7.38. The molecule has 3 aromatic rings. The molecule has 1 aromatic heterocycles. The normalized spacial score (nSPS) is 11.9. The Hall–Kier alpha value is -2.74. The van der Waals surface area contributed by atoms with Gasteiger partial charge in [0.05, 0.1) is 15.1 Å². The van der Waals surface area contributed by atoms with Crippen LogP contribution in [0.5, 0.6) is 5.75 Å². The summed E-state index contributed by atoms with van der Waals surface area (Å²) in [5.41, 5.74) is 1.33. The van der Waals surface area contributed by atoms with Crippen LogP contribution < -0.4 is 14.6 Å². The van der Waals surface area contributed by atoms with Gasteiger partial charge in [-0.2, -0.15) is 0 Å². The van der Waals surface area contributed by atoms with Crippen molar-refractivity contribution in [1.29, 1.82) is 0 Å². The summed E-state index contributed by atoms with van der Waals surface area (Å²) in [6.07, 6.45) is -1.13. The van der Waals surface area contributed by atoms with Gasteiger partial charge in [-0.3, -0.25) is 0 Å². The molecule has 0 spiro atoms. The van der Waals surface area contributed by atoms with Crippen molar-refractivity contribution in [3.05, 3.63) is 48.0 Å². The van der Waals surface area contributed by atoms with Crippen LogP contribution in [0.15, 0.2) is 51.7 Å². The molecule has 0 aliphatic heterocycles. The van der Waals surface area contributed by atoms with Crippen LogP contribution in [-0.2, 0) is 24.8 Å². The lowest BCUT2D eigenvalue weighted by Crippen LogP contribution is -2.32. The molecule has 0 bridgehead atoms. The SMILES string of the molecule is Cc1ccc(S(=O)(=O)NC(=O)OCCOc2ccc3nc(S(N)(=O)=O)sc3c2)cc1. The number of ether oxygens (including phenoxy) is 2. The molecule has 0 saturated carbocycles. The Kier molecular flexibility index (Phi) is 6.26. The topological polar surface area (TPSA) is 155 Å². The second-order valence-electron chi connectivity index (χ2n) is 6.06. The van der Waals surface area contributed by atoms with Crippen LogP contribution >= 0.6 is 11.3 Å². The highest BCUT2D eigenvalue weighted by Gasteiger charge is 2.18. The summed E-state index contributed by atoms with van der Waals surface area (Å²) in [6, 6.07) is 10.7. The van der Waals surface area contributed by atoms with Crippen LogP contribution in [0, 0.1) is 6.92 Å². The molecule has 3 N–H and O–H groups in total. The lowest BCUT2D eigenvalue weighted by Gasteiger charge is -2.09. The molecule has 160 valence electrons. The van der Waals surface area contributed by atoms with Crippen LogP contribution in [0.1, 0.15) is 5.56 Å². The van der Waals surface area contributed by atoms with E-state index in [-0.39, 0.29) is 22.4 Å². The fraction of sp³-hybridized carbons (Fsp3) is 0.176. The van der Waals surface area contributed by atoms with E-state index in [1.165, 1.54) is 12.1 Å². The van der Waals surface area contributed by atoms with E-state index in [2.05, 4.69) is 4.98 Å². The van der Waals surface area contributed by atoms with Gasteiger partial charge in [0.2, 0.25) is 4.34 Å². The summed E-state index contributed by atoms with van der Waals surface area (Å²) in [5, 5.41) is 5.06. The first-order valence-electron chi connectivity index (χ1n) is 8.37. The van der Waals surface area contributed by atoms with Gasteiger partial charge in [-0.15, -0.1) is 11.3 Å². The van der Waals surface area contributed by atoms with Crippen molar-refractivity contribution in [2.45, 2.75) is 16.2 Å². The first-order valence-corrected chi connectivity index (χ1v) is 12.2. The molecular weight excluding hydrogens is 454 g/mol. The summed E-state index contributed by atoms with van der Waals surface area (Å²) < 4.78 is 59.4. The first kappa shape index (κ1) is 22.0. The number of aromatic nitrogens is 1. The molecule has 0 saturated heterocycles. The molecule has 0 unspecified atom stereocenters. The molecule has 0 radical (unpaired) electrons. The van der Waals surface area contributed by atoms with Gasteiger partial charge in [-0.1, -0.05) is 17.7 Å². The molecule has 0 atom stereocenters. The van der Waals surface area contributed by atoms with Crippen LogP contribution in [0.3, 0.4) is 0 Å². The van der Waals surface area contributed by atoms with Gasteiger partial charge in [0.15, 0.2) is 0 Å². The lowest BCUT2D eigenvalue weighted by molar-refractivity contribution is 0.130. The zero-order chi connectivity index (χ0) is 21.9. The number of carbonyl (C=O) groups is 1. The van der Waals surface area contributed by atoms with Crippen molar-refractivity contribution in [2.24, 2.45) is 5.14 Å². The van der Waals surface area contributed by atoms with E-state index in [1.807, 2.05) is 11.6 Å². The van der Waals surface area contributed by atoms with Crippen LogP contribution in [0.25, 0.3) is 10.2 Å². The number of aryl methyl sites for hydroxylation is 1. The second kappa shape index (κ2) is 8.55. The number of hydrogen-bond acceptors (Lipinski definition) is 9. The molecule has 10 nitrogen and oxygen atoms in total. The summed E-state index contributed by atoms with van der Waals surface area (Å²) >= 11 is 0.901. The van der Waals surface area contributed by atoms with Gasteiger partial charge in [0, 0.05) is 0 Å². The molecular formula is C17H17N3O7S3. The number of carbonyl (C=O) groups excluding carboxylic acids is 1. The maximum absolute atomic E-state index is 12.1. The molecule has 13 heteroatoms. The number of sulfonamides is 2. The third kappa shape index (κ3) is 5.44.